The molecule has 0 spiro atoms. The summed E-state index contributed by atoms with van der Waals surface area (Å²) in [7, 11) is 0. The number of nitrogens with zero attached hydrogens (tertiary/aromatic N) is 2. The second-order valence-electron chi connectivity index (χ2n) is 7.66. The van der Waals surface area contributed by atoms with Gasteiger partial charge in [-0.3, -0.25) is 0 Å². The molecule has 3 aromatic carbocycles. The molecule has 0 N–H and O–H groups in total. The Kier molecular flexibility index (Phi) is 9.46. The summed E-state index contributed by atoms with van der Waals surface area (Å²) in [5.41, 5.74) is 8.86. The molecule has 0 atom stereocenters. The molecule has 34 heavy (non-hydrogen) atoms. The smallest absolute Gasteiger partial charge is 0.0266 e. The van der Waals surface area contributed by atoms with E-state index in [1.807, 2.05) is 85.9 Å². The Morgan fingerprint density at radius 1 is 0.706 bits per heavy atom. The topological polar surface area (TPSA) is 25.8 Å². The van der Waals surface area contributed by atoms with Crippen molar-refractivity contribution in [2.75, 3.05) is 0 Å². The molecule has 5 aromatic rings. The number of pyridine rings is 2. The molecule has 2 nitrogen and oxygen atoms in total. The van der Waals surface area contributed by atoms with Crippen molar-refractivity contribution < 1.29 is 20.1 Å². The van der Waals surface area contributed by atoms with Crippen LogP contribution in [0.4, 0.5) is 0 Å². The van der Waals surface area contributed by atoms with Gasteiger partial charge in [0.2, 0.25) is 0 Å². The second-order valence-corrected chi connectivity index (χ2v) is 7.66. The molecule has 0 saturated carbocycles. The van der Waals surface area contributed by atoms with Crippen LogP contribution in [0.1, 0.15) is 18.2 Å². The molecule has 0 unspecified atom stereocenters. The zero-order valence-corrected chi connectivity index (χ0v) is 21.7. The van der Waals surface area contributed by atoms with E-state index in [9.17, 15) is 0 Å². The molecular weight excluding hydrogens is 593 g/mol. The minimum atomic E-state index is 0. The molecule has 3 heteroatoms. The Balaban J connectivity index is 0.000000201. The fourth-order valence-electron chi connectivity index (χ4n) is 3.61. The van der Waals surface area contributed by atoms with Crippen molar-refractivity contribution in [3.63, 3.8) is 0 Å². The van der Waals surface area contributed by atoms with Gasteiger partial charge in [-0.05, 0) is 41.9 Å². The van der Waals surface area contributed by atoms with E-state index in [4.69, 9.17) is 0 Å². The third-order valence-corrected chi connectivity index (χ3v) is 5.31. The van der Waals surface area contributed by atoms with Gasteiger partial charge >= 0.3 is 0 Å². The van der Waals surface area contributed by atoms with Crippen LogP contribution in [0.25, 0.3) is 33.6 Å². The average Bonchev–Trinajstić information content (AvgIpc) is 2.90. The van der Waals surface area contributed by atoms with Crippen molar-refractivity contribution in [3.05, 3.63) is 133 Å². The molecule has 0 saturated heterocycles. The maximum atomic E-state index is 4.60. The summed E-state index contributed by atoms with van der Waals surface area (Å²) < 4.78 is 0. The molecule has 0 bridgehead atoms. The number of aryl methyl sites for hydroxylation is 2. The van der Waals surface area contributed by atoms with Gasteiger partial charge in [0.15, 0.2) is 0 Å². The van der Waals surface area contributed by atoms with E-state index in [2.05, 4.69) is 59.4 Å². The standard InChI is InChI=1S/C19H16N.C12H10N.Ir/c1-2-15-13-19(17-11-7-4-8-12-17)20-14-18(15)16-9-5-3-6-10-16;1-10-6-5-9-12(13-10)11-7-3-2-4-8-11;/h3-11,13-14H,2H2,1H3;2-7,9H,1H3;/q2*-1;. The zero-order valence-electron chi connectivity index (χ0n) is 19.3. The minimum Gasteiger partial charge on any atom is -0.304 e. The molecule has 0 amide bonds. The van der Waals surface area contributed by atoms with Crippen LogP contribution in [0, 0.1) is 19.1 Å². The van der Waals surface area contributed by atoms with Gasteiger partial charge in [0.05, 0.1) is 0 Å². The van der Waals surface area contributed by atoms with Gasteiger partial charge in [-0.25, -0.2) is 0 Å². The molecule has 2 heterocycles. The van der Waals surface area contributed by atoms with Crippen LogP contribution in [0.15, 0.2) is 109 Å². The van der Waals surface area contributed by atoms with Crippen molar-refractivity contribution in [1.29, 1.82) is 0 Å². The average molecular weight is 619 g/mol. The predicted octanol–water partition coefficient (Wildman–Crippen LogP) is 7.63. The summed E-state index contributed by atoms with van der Waals surface area (Å²) in [6.07, 6.45) is 2.97. The Morgan fingerprint density at radius 2 is 1.35 bits per heavy atom. The van der Waals surface area contributed by atoms with Gasteiger partial charge < -0.3 is 9.97 Å². The second kappa shape index (κ2) is 12.7. The van der Waals surface area contributed by atoms with Gasteiger partial charge in [-0.2, -0.15) is 0 Å². The quantitative estimate of drug-likeness (QED) is 0.194. The fourth-order valence-corrected chi connectivity index (χ4v) is 3.61. The van der Waals surface area contributed by atoms with Crippen LogP contribution in [0.2, 0.25) is 0 Å². The van der Waals surface area contributed by atoms with Crippen LogP contribution in [0.3, 0.4) is 0 Å². The molecule has 2 aromatic heterocycles. The fraction of sp³-hybridized carbons (Fsp3) is 0.0968. The molecule has 5 rings (SSSR count). The maximum absolute atomic E-state index is 4.60. The van der Waals surface area contributed by atoms with Gasteiger partial charge in [0.25, 0.3) is 0 Å². The number of hydrogen-bond acceptors (Lipinski definition) is 2. The first kappa shape index (κ1) is 25.2. The van der Waals surface area contributed by atoms with E-state index >= 15 is 0 Å². The summed E-state index contributed by atoms with van der Waals surface area (Å²) >= 11 is 0. The number of benzene rings is 3. The molecule has 0 aliphatic heterocycles. The van der Waals surface area contributed by atoms with Crippen molar-refractivity contribution in [1.82, 2.24) is 9.97 Å². The first-order valence-electron chi connectivity index (χ1n) is 11.2. The number of rotatable bonds is 4. The third kappa shape index (κ3) is 6.57. The van der Waals surface area contributed by atoms with Crippen molar-refractivity contribution in [2.24, 2.45) is 0 Å². The predicted molar refractivity (Wildman–Crippen MR) is 137 cm³/mol. The Morgan fingerprint density at radius 3 is 1.94 bits per heavy atom. The Bertz CT molecular complexity index is 1290. The monoisotopic (exact) mass is 619 g/mol. The maximum Gasteiger partial charge on any atom is 0.0266 e. The summed E-state index contributed by atoms with van der Waals surface area (Å²) in [6.45, 7) is 4.17. The number of aromatic nitrogens is 2. The van der Waals surface area contributed by atoms with E-state index in [1.165, 1.54) is 16.7 Å². The summed E-state index contributed by atoms with van der Waals surface area (Å²) in [5.74, 6) is 0. The zero-order chi connectivity index (χ0) is 22.9. The van der Waals surface area contributed by atoms with E-state index < -0.39 is 0 Å². The van der Waals surface area contributed by atoms with Crippen LogP contribution in [-0.2, 0) is 26.5 Å². The summed E-state index contributed by atoms with van der Waals surface area (Å²) in [5, 5.41) is 0. The first-order valence-corrected chi connectivity index (χ1v) is 11.2. The van der Waals surface area contributed by atoms with Crippen LogP contribution >= 0.6 is 0 Å². The number of hydrogen-bond donors (Lipinski definition) is 0. The van der Waals surface area contributed by atoms with Gasteiger partial charge in [-0.1, -0.05) is 55.5 Å². The van der Waals surface area contributed by atoms with E-state index in [0.717, 1.165) is 34.6 Å². The van der Waals surface area contributed by atoms with Crippen LogP contribution in [-0.4, -0.2) is 9.97 Å². The van der Waals surface area contributed by atoms with E-state index in [1.54, 1.807) is 0 Å². The van der Waals surface area contributed by atoms with Crippen molar-refractivity contribution >= 4 is 0 Å². The van der Waals surface area contributed by atoms with Crippen LogP contribution < -0.4 is 0 Å². The Labute approximate surface area is 216 Å². The van der Waals surface area contributed by atoms with Gasteiger partial charge in [0.1, 0.15) is 0 Å². The normalized spacial score (nSPS) is 9.94. The molecule has 0 fully saturated rings. The van der Waals surface area contributed by atoms with Crippen molar-refractivity contribution in [2.45, 2.75) is 20.3 Å². The Hall–Kier alpha value is -3.39. The van der Waals surface area contributed by atoms with E-state index in [0.29, 0.717) is 0 Å². The van der Waals surface area contributed by atoms with Crippen LogP contribution in [0.5, 0.6) is 0 Å². The van der Waals surface area contributed by atoms with Crippen molar-refractivity contribution in [3.8, 4) is 33.6 Å². The molecular formula is C31H26IrN2-2. The third-order valence-electron chi connectivity index (χ3n) is 5.31. The summed E-state index contributed by atoms with van der Waals surface area (Å²) in [6, 6.07) is 40.8. The molecule has 0 aliphatic carbocycles. The largest absolute Gasteiger partial charge is 0.304 e. The first-order chi connectivity index (χ1) is 16.2. The molecule has 171 valence electrons. The summed E-state index contributed by atoms with van der Waals surface area (Å²) in [4.78, 5) is 9.01. The van der Waals surface area contributed by atoms with Gasteiger partial charge in [-0.15, -0.1) is 71.8 Å². The molecule has 0 aliphatic rings. The SMILES string of the molecule is CCc1cc(-c2[c-]cccc2)ncc1-c1ccccc1.Cc1cccc(-c2[c-]cccc2)n1.[Ir]. The minimum absolute atomic E-state index is 0. The van der Waals surface area contributed by atoms with E-state index in [-0.39, 0.29) is 20.1 Å². The molecule has 1 radical (unpaired) electrons. The van der Waals surface area contributed by atoms with Gasteiger partial charge in [0, 0.05) is 37.6 Å².